The van der Waals surface area contributed by atoms with Crippen LogP contribution in [0.2, 0.25) is 0 Å². The lowest BCUT2D eigenvalue weighted by Gasteiger charge is -2.08. The van der Waals surface area contributed by atoms with Crippen molar-refractivity contribution in [1.29, 1.82) is 0 Å². The minimum atomic E-state index is 0.345. The van der Waals surface area contributed by atoms with Crippen LogP contribution in [0.15, 0.2) is 23.2 Å². The van der Waals surface area contributed by atoms with Crippen LogP contribution < -0.4 is 15.8 Å². The second-order valence-electron chi connectivity index (χ2n) is 2.99. The number of aromatic nitrogens is 3. The predicted octanol–water partition coefficient (Wildman–Crippen LogP) is 0.667. The lowest BCUT2D eigenvalue weighted by Crippen LogP contribution is -2.06. The molecular weight excluding hydrogens is 210 g/mol. The van der Waals surface area contributed by atoms with Crippen LogP contribution in [0.3, 0.4) is 0 Å². The van der Waals surface area contributed by atoms with E-state index in [2.05, 4.69) is 20.4 Å². The average molecular weight is 221 g/mol. The molecule has 0 aliphatic carbocycles. The molecule has 0 atom stereocenters. The second kappa shape index (κ2) is 4.47. The first-order valence-electron chi connectivity index (χ1n) is 4.59. The van der Waals surface area contributed by atoms with Gasteiger partial charge in [0.15, 0.2) is 5.82 Å². The van der Waals surface area contributed by atoms with Gasteiger partial charge in [0, 0.05) is 6.07 Å². The maximum atomic E-state index is 5.78. The van der Waals surface area contributed by atoms with Crippen molar-refractivity contribution < 1.29 is 9.26 Å². The van der Waals surface area contributed by atoms with Gasteiger partial charge in [-0.25, -0.2) is 4.98 Å². The van der Waals surface area contributed by atoms with Crippen LogP contribution in [0.5, 0.6) is 5.88 Å². The summed E-state index contributed by atoms with van der Waals surface area (Å²) in [6, 6.07) is 1.75. The fraction of sp³-hybridized carbons (Fsp3) is 0.222. The van der Waals surface area contributed by atoms with E-state index in [1.807, 2.05) is 0 Å². The van der Waals surface area contributed by atoms with Crippen LogP contribution in [-0.4, -0.2) is 22.2 Å². The number of nitrogens with two attached hydrogens (primary N) is 1. The summed E-state index contributed by atoms with van der Waals surface area (Å²) < 4.78 is 9.67. The summed E-state index contributed by atoms with van der Waals surface area (Å²) in [5.41, 5.74) is 6.91. The van der Waals surface area contributed by atoms with Crippen LogP contribution in [0.4, 0.5) is 11.5 Å². The molecule has 2 rings (SSSR count). The largest absolute Gasteiger partial charge is 0.479 e. The van der Waals surface area contributed by atoms with Crippen molar-refractivity contribution in [3.8, 4) is 5.88 Å². The molecule has 0 aliphatic rings. The third-order valence-electron chi connectivity index (χ3n) is 1.97. The predicted molar refractivity (Wildman–Crippen MR) is 56.8 cm³/mol. The van der Waals surface area contributed by atoms with Crippen molar-refractivity contribution >= 4 is 11.5 Å². The monoisotopic (exact) mass is 221 g/mol. The molecule has 2 aromatic rings. The van der Waals surface area contributed by atoms with Gasteiger partial charge >= 0.3 is 0 Å². The van der Waals surface area contributed by atoms with Crippen LogP contribution >= 0.6 is 0 Å². The van der Waals surface area contributed by atoms with Gasteiger partial charge in [-0.3, -0.25) is 0 Å². The summed E-state index contributed by atoms with van der Waals surface area (Å²) >= 11 is 0. The van der Waals surface area contributed by atoms with E-state index < -0.39 is 0 Å². The van der Waals surface area contributed by atoms with Crippen LogP contribution in [0.25, 0.3) is 0 Å². The lowest BCUT2D eigenvalue weighted by molar-refractivity contribution is 0.399. The molecule has 0 aliphatic heterocycles. The Morgan fingerprint density at radius 2 is 2.38 bits per heavy atom. The second-order valence-corrected chi connectivity index (χ2v) is 2.99. The van der Waals surface area contributed by atoms with Gasteiger partial charge in [0.05, 0.1) is 13.7 Å². The van der Waals surface area contributed by atoms with Crippen molar-refractivity contribution in [3.05, 3.63) is 24.4 Å². The molecule has 0 bridgehead atoms. The number of nitrogen functional groups attached to an aromatic ring is 1. The summed E-state index contributed by atoms with van der Waals surface area (Å²) in [5, 5.41) is 6.76. The van der Waals surface area contributed by atoms with Gasteiger partial charge in [-0.2, -0.15) is 4.98 Å². The van der Waals surface area contributed by atoms with E-state index in [4.69, 9.17) is 15.0 Å². The minimum absolute atomic E-state index is 0.345. The molecular formula is C9H11N5O2. The summed E-state index contributed by atoms with van der Waals surface area (Å²) in [7, 11) is 1.50. The zero-order valence-electron chi connectivity index (χ0n) is 8.67. The van der Waals surface area contributed by atoms with Gasteiger partial charge in [-0.1, -0.05) is 5.16 Å². The summed E-state index contributed by atoms with van der Waals surface area (Å²) in [5.74, 6) is 0.854. The molecule has 2 aromatic heterocycles. The molecule has 0 radical (unpaired) electrons. The van der Waals surface area contributed by atoms with Crippen molar-refractivity contribution in [2.24, 2.45) is 0 Å². The average Bonchev–Trinajstić information content (AvgIpc) is 2.81. The summed E-state index contributed by atoms with van der Waals surface area (Å²) in [6.45, 7) is 0.473. The van der Waals surface area contributed by atoms with E-state index in [1.165, 1.54) is 19.7 Å². The van der Waals surface area contributed by atoms with E-state index in [-0.39, 0.29) is 0 Å². The normalized spacial score (nSPS) is 10.1. The van der Waals surface area contributed by atoms with Gasteiger partial charge in [0.1, 0.15) is 24.0 Å². The first-order chi connectivity index (χ1) is 7.81. The maximum absolute atomic E-state index is 5.78. The molecule has 0 spiro atoms. The van der Waals surface area contributed by atoms with E-state index in [0.29, 0.717) is 23.9 Å². The van der Waals surface area contributed by atoms with Gasteiger partial charge in [-0.15, -0.1) is 0 Å². The smallest absolute Gasteiger partial charge is 0.242 e. The van der Waals surface area contributed by atoms with E-state index >= 15 is 0 Å². The molecule has 0 saturated heterocycles. The number of anilines is 2. The van der Waals surface area contributed by atoms with Crippen LogP contribution in [-0.2, 0) is 6.54 Å². The maximum Gasteiger partial charge on any atom is 0.242 e. The standard InChI is InChI=1S/C9H11N5O2/c1-15-9-7(10)8(12-5-13-9)11-4-6-2-3-16-14-6/h2-3,5H,4,10H2,1H3,(H,11,12,13). The van der Waals surface area contributed by atoms with Crippen LogP contribution in [0.1, 0.15) is 5.69 Å². The van der Waals surface area contributed by atoms with E-state index in [1.54, 1.807) is 6.07 Å². The molecule has 0 amide bonds. The van der Waals surface area contributed by atoms with E-state index in [9.17, 15) is 0 Å². The number of hydrogen-bond acceptors (Lipinski definition) is 7. The SMILES string of the molecule is COc1ncnc(NCc2ccon2)c1N. The van der Waals surface area contributed by atoms with E-state index in [0.717, 1.165) is 5.69 Å². The first kappa shape index (κ1) is 10.2. The third kappa shape index (κ3) is 2.02. The zero-order valence-corrected chi connectivity index (χ0v) is 8.67. The zero-order chi connectivity index (χ0) is 11.4. The highest BCUT2D eigenvalue weighted by Gasteiger charge is 2.08. The van der Waals surface area contributed by atoms with Gasteiger partial charge in [-0.05, 0) is 0 Å². The number of nitrogens with zero attached hydrogens (tertiary/aromatic N) is 3. The Kier molecular flexibility index (Phi) is 2.86. The number of hydrogen-bond donors (Lipinski definition) is 2. The Hall–Kier alpha value is -2.31. The molecule has 84 valence electrons. The molecule has 2 heterocycles. The van der Waals surface area contributed by atoms with Crippen molar-refractivity contribution in [1.82, 2.24) is 15.1 Å². The van der Waals surface area contributed by atoms with Crippen molar-refractivity contribution in [3.63, 3.8) is 0 Å². The molecule has 0 saturated carbocycles. The fourth-order valence-electron chi connectivity index (χ4n) is 1.19. The number of methoxy groups -OCH3 is 1. The van der Waals surface area contributed by atoms with Gasteiger partial charge < -0.3 is 20.3 Å². The highest BCUT2D eigenvalue weighted by Crippen LogP contribution is 2.24. The quantitative estimate of drug-likeness (QED) is 0.782. The van der Waals surface area contributed by atoms with Crippen molar-refractivity contribution in [2.75, 3.05) is 18.2 Å². The Morgan fingerprint density at radius 3 is 3.06 bits per heavy atom. The Balaban J connectivity index is 2.09. The molecule has 3 N–H and O–H groups in total. The Morgan fingerprint density at radius 1 is 1.50 bits per heavy atom. The minimum Gasteiger partial charge on any atom is -0.479 e. The molecule has 7 heteroatoms. The molecule has 0 aromatic carbocycles. The fourth-order valence-corrected chi connectivity index (χ4v) is 1.19. The highest BCUT2D eigenvalue weighted by molar-refractivity contribution is 5.66. The first-order valence-corrected chi connectivity index (χ1v) is 4.59. The Bertz CT molecular complexity index is 457. The lowest BCUT2D eigenvalue weighted by atomic mass is 10.4. The molecule has 16 heavy (non-hydrogen) atoms. The van der Waals surface area contributed by atoms with Gasteiger partial charge in [0.25, 0.3) is 0 Å². The van der Waals surface area contributed by atoms with Crippen LogP contribution in [0, 0.1) is 0 Å². The summed E-state index contributed by atoms with van der Waals surface area (Å²) in [6.07, 6.45) is 2.88. The summed E-state index contributed by atoms with van der Waals surface area (Å²) in [4.78, 5) is 7.87. The number of nitrogens with one attached hydrogen (secondary N) is 1. The number of rotatable bonds is 4. The molecule has 7 nitrogen and oxygen atoms in total. The molecule has 0 fully saturated rings. The topological polar surface area (TPSA) is 99.1 Å². The van der Waals surface area contributed by atoms with Gasteiger partial charge in [0.2, 0.25) is 5.88 Å². The third-order valence-corrected chi connectivity index (χ3v) is 1.97. The number of ether oxygens (including phenoxy) is 1. The Labute approximate surface area is 91.6 Å². The highest BCUT2D eigenvalue weighted by atomic mass is 16.5. The van der Waals surface area contributed by atoms with Crippen molar-refractivity contribution in [2.45, 2.75) is 6.54 Å². The molecule has 0 unspecified atom stereocenters.